The highest BCUT2D eigenvalue weighted by Crippen LogP contribution is 2.40. The summed E-state index contributed by atoms with van der Waals surface area (Å²) in [6.45, 7) is 2.18. The first-order valence-corrected chi connectivity index (χ1v) is 8.54. The largest absolute Gasteiger partial charge is 0.507 e. The Hall–Kier alpha value is -2.99. The number of nitrogens with zero attached hydrogens (tertiary/aromatic N) is 1. The van der Waals surface area contributed by atoms with Crippen LogP contribution in [0.25, 0.3) is 5.76 Å². The zero-order chi connectivity index (χ0) is 19.6. The summed E-state index contributed by atoms with van der Waals surface area (Å²) in [5.74, 6) is -2.49. The second kappa shape index (κ2) is 7.72. The molecule has 1 atom stereocenters. The van der Waals surface area contributed by atoms with E-state index in [1.54, 1.807) is 30.3 Å². The number of hydrogen-bond acceptors (Lipinski definition) is 4. The van der Waals surface area contributed by atoms with Crippen LogP contribution in [0, 0.1) is 12.7 Å². The average Bonchev–Trinajstić information content (AvgIpc) is 2.91. The van der Waals surface area contributed by atoms with Crippen molar-refractivity contribution in [3.05, 3.63) is 76.6 Å². The Kier molecular flexibility index (Phi) is 5.37. The minimum atomic E-state index is -1.01. The van der Waals surface area contributed by atoms with E-state index in [9.17, 15) is 19.1 Å². The summed E-state index contributed by atoms with van der Waals surface area (Å²) in [5.41, 5.74) is 1.41. The number of halogens is 1. The number of ether oxygens (including phenoxy) is 1. The molecule has 0 bridgehead atoms. The molecule has 2 aromatic carbocycles. The number of methoxy groups -OCH3 is 1. The number of carbonyl (C=O) groups is 2. The van der Waals surface area contributed by atoms with E-state index < -0.39 is 23.5 Å². The molecule has 1 fully saturated rings. The van der Waals surface area contributed by atoms with Gasteiger partial charge in [0.2, 0.25) is 0 Å². The summed E-state index contributed by atoms with van der Waals surface area (Å²) in [6.07, 6.45) is 0. The van der Waals surface area contributed by atoms with Crippen LogP contribution < -0.4 is 0 Å². The molecule has 5 nitrogen and oxygen atoms in total. The van der Waals surface area contributed by atoms with E-state index in [4.69, 9.17) is 4.74 Å². The van der Waals surface area contributed by atoms with Gasteiger partial charge in [-0.15, -0.1) is 0 Å². The molecule has 0 radical (unpaired) electrons. The summed E-state index contributed by atoms with van der Waals surface area (Å²) >= 11 is 0. The van der Waals surface area contributed by atoms with Gasteiger partial charge in [0.25, 0.3) is 11.7 Å². The van der Waals surface area contributed by atoms with Gasteiger partial charge in [0.15, 0.2) is 0 Å². The third-order valence-electron chi connectivity index (χ3n) is 4.60. The molecule has 6 heteroatoms. The SMILES string of the molecule is COCCN1C(=O)C(=O)/C(=C(/O)c2ccc(C)cc2)[C@@H]1c1ccccc1F. The van der Waals surface area contributed by atoms with Gasteiger partial charge < -0.3 is 14.7 Å². The first-order chi connectivity index (χ1) is 13.0. The van der Waals surface area contributed by atoms with Crippen LogP contribution in [0.2, 0.25) is 0 Å². The first kappa shape index (κ1) is 18.8. The number of aryl methyl sites for hydroxylation is 1. The van der Waals surface area contributed by atoms with Gasteiger partial charge >= 0.3 is 0 Å². The standard InChI is InChI=1S/C21H20FNO4/c1-13-7-9-14(10-8-13)19(24)17-18(15-5-3-4-6-16(15)22)23(11-12-27-2)21(26)20(17)25/h3-10,18,24H,11-12H2,1-2H3/b19-17+/t18-/m0/s1. The summed E-state index contributed by atoms with van der Waals surface area (Å²) in [5, 5.41) is 10.8. The molecule has 2 aromatic rings. The highest BCUT2D eigenvalue weighted by molar-refractivity contribution is 6.46. The zero-order valence-electron chi connectivity index (χ0n) is 15.1. The summed E-state index contributed by atoms with van der Waals surface area (Å²) in [4.78, 5) is 26.5. The molecule has 1 N–H and O–H groups in total. The van der Waals surface area contributed by atoms with Crippen molar-refractivity contribution in [2.75, 3.05) is 20.3 Å². The average molecular weight is 369 g/mol. The number of likely N-dealkylation sites (tertiary alicyclic amines) is 1. The number of benzene rings is 2. The molecule has 1 saturated heterocycles. The normalized spacial score (nSPS) is 18.9. The van der Waals surface area contributed by atoms with Crippen LogP contribution in [0.1, 0.15) is 22.7 Å². The van der Waals surface area contributed by atoms with Gasteiger partial charge in [-0.2, -0.15) is 0 Å². The fourth-order valence-corrected chi connectivity index (χ4v) is 3.19. The van der Waals surface area contributed by atoms with Crippen LogP contribution in [-0.4, -0.2) is 42.0 Å². The van der Waals surface area contributed by atoms with Crippen LogP contribution in [0.5, 0.6) is 0 Å². The number of rotatable bonds is 5. The molecule has 0 aromatic heterocycles. The lowest BCUT2D eigenvalue weighted by Gasteiger charge is -2.25. The summed E-state index contributed by atoms with van der Waals surface area (Å²) < 4.78 is 19.5. The van der Waals surface area contributed by atoms with E-state index in [1.165, 1.54) is 30.2 Å². The van der Waals surface area contributed by atoms with Crippen molar-refractivity contribution < 1.29 is 23.8 Å². The third kappa shape index (κ3) is 3.48. The minimum absolute atomic E-state index is 0.102. The van der Waals surface area contributed by atoms with Crippen molar-refractivity contribution in [1.82, 2.24) is 4.90 Å². The maximum atomic E-state index is 14.5. The molecule has 140 valence electrons. The fraction of sp³-hybridized carbons (Fsp3) is 0.238. The van der Waals surface area contributed by atoms with E-state index in [0.717, 1.165) is 5.56 Å². The maximum Gasteiger partial charge on any atom is 0.295 e. The van der Waals surface area contributed by atoms with Crippen molar-refractivity contribution in [2.24, 2.45) is 0 Å². The monoisotopic (exact) mass is 369 g/mol. The third-order valence-corrected chi connectivity index (χ3v) is 4.60. The Morgan fingerprint density at radius 3 is 2.44 bits per heavy atom. The molecule has 1 aliphatic rings. The number of amides is 1. The van der Waals surface area contributed by atoms with E-state index in [-0.39, 0.29) is 30.0 Å². The van der Waals surface area contributed by atoms with Gasteiger partial charge in [0.05, 0.1) is 18.2 Å². The van der Waals surface area contributed by atoms with E-state index in [0.29, 0.717) is 5.56 Å². The van der Waals surface area contributed by atoms with Crippen LogP contribution in [0.3, 0.4) is 0 Å². The number of hydrogen-bond donors (Lipinski definition) is 1. The van der Waals surface area contributed by atoms with Crippen molar-refractivity contribution in [2.45, 2.75) is 13.0 Å². The molecule has 1 amide bonds. The van der Waals surface area contributed by atoms with E-state index >= 15 is 0 Å². The molecule has 3 rings (SSSR count). The van der Waals surface area contributed by atoms with Crippen molar-refractivity contribution in [3.63, 3.8) is 0 Å². The number of aliphatic hydroxyl groups excluding tert-OH is 1. The molecule has 0 aliphatic carbocycles. The summed E-state index contributed by atoms with van der Waals surface area (Å²) in [7, 11) is 1.47. The molecular formula is C21H20FNO4. The second-order valence-corrected chi connectivity index (χ2v) is 6.37. The van der Waals surface area contributed by atoms with Crippen molar-refractivity contribution in [3.8, 4) is 0 Å². The number of Topliss-reactive ketones (excluding diaryl/α,β-unsaturated/α-hetero) is 1. The predicted molar refractivity (Wildman–Crippen MR) is 98.5 cm³/mol. The van der Waals surface area contributed by atoms with Crippen LogP contribution in [-0.2, 0) is 14.3 Å². The molecule has 0 saturated carbocycles. The Bertz CT molecular complexity index is 905. The quantitative estimate of drug-likeness (QED) is 0.499. The predicted octanol–water partition coefficient (Wildman–Crippen LogP) is 3.20. The highest BCUT2D eigenvalue weighted by atomic mass is 19.1. The Morgan fingerprint density at radius 2 is 1.81 bits per heavy atom. The van der Waals surface area contributed by atoms with Gasteiger partial charge in [0, 0.05) is 24.8 Å². The Morgan fingerprint density at radius 1 is 1.15 bits per heavy atom. The molecule has 1 aliphatic heterocycles. The van der Waals surface area contributed by atoms with Crippen molar-refractivity contribution in [1.29, 1.82) is 0 Å². The number of carbonyl (C=O) groups excluding carboxylic acids is 2. The van der Waals surface area contributed by atoms with E-state index in [2.05, 4.69) is 0 Å². The first-order valence-electron chi connectivity index (χ1n) is 8.54. The molecule has 27 heavy (non-hydrogen) atoms. The van der Waals surface area contributed by atoms with Crippen LogP contribution >= 0.6 is 0 Å². The fourth-order valence-electron chi connectivity index (χ4n) is 3.19. The number of ketones is 1. The topological polar surface area (TPSA) is 66.8 Å². The van der Waals surface area contributed by atoms with Gasteiger partial charge in [-0.3, -0.25) is 9.59 Å². The Labute approximate surface area is 156 Å². The summed E-state index contributed by atoms with van der Waals surface area (Å²) in [6, 6.07) is 11.8. The maximum absolute atomic E-state index is 14.5. The second-order valence-electron chi connectivity index (χ2n) is 6.37. The zero-order valence-corrected chi connectivity index (χ0v) is 15.1. The lowest BCUT2D eigenvalue weighted by molar-refractivity contribution is -0.140. The molecule has 1 heterocycles. The molecular weight excluding hydrogens is 349 g/mol. The Balaban J connectivity index is 2.18. The molecule has 0 spiro atoms. The lowest BCUT2D eigenvalue weighted by Crippen LogP contribution is -2.33. The van der Waals surface area contributed by atoms with Gasteiger partial charge in [-0.25, -0.2) is 4.39 Å². The molecule has 0 unspecified atom stereocenters. The minimum Gasteiger partial charge on any atom is -0.507 e. The van der Waals surface area contributed by atoms with Crippen LogP contribution in [0.15, 0.2) is 54.1 Å². The van der Waals surface area contributed by atoms with Crippen LogP contribution in [0.4, 0.5) is 4.39 Å². The van der Waals surface area contributed by atoms with Gasteiger partial charge in [-0.05, 0) is 13.0 Å². The van der Waals surface area contributed by atoms with Gasteiger partial charge in [-0.1, -0.05) is 48.0 Å². The highest BCUT2D eigenvalue weighted by Gasteiger charge is 2.46. The van der Waals surface area contributed by atoms with Gasteiger partial charge in [0.1, 0.15) is 11.6 Å². The number of aliphatic hydroxyl groups is 1. The van der Waals surface area contributed by atoms with E-state index in [1.807, 2.05) is 6.92 Å². The smallest absolute Gasteiger partial charge is 0.295 e. The lowest BCUT2D eigenvalue weighted by atomic mass is 9.94. The van der Waals surface area contributed by atoms with Crippen molar-refractivity contribution >= 4 is 17.4 Å².